The lowest BCUT2D eigenvalue weighted by molar-refractivity contribution is 0.561. The monoisotopic (exact) mass is 255 g/mol. The van der Waals surface area contributed by atoms with Crippen molar-refractivity contribution in [2.24, 2.45) is 0 Å². The van der Waals surface area contributed by atoms with Gasteiger partial charge in [-0.15, -0.1) is 0 Å². The Morgan fingerprint density at radius 3 is 2.94 bits per heavy atom. The van der Waals surface area contributed by atoms with E-state index in [1.54, 1.807) is 6.07 Å². The molecule has 1 aliphatic heterocycles. The minimum Gasteiger partial charge on any atom is -0.396 e. The van der Waals surface area contributed by atoms with Crippen molar-refractivity contribution in [1.29, 1.82) is 0 Å². The molecule has 1 fully saturated rings. The van der Waals surface area contributed by atoms with Crippen molar-refractivity contribution in [2.75, 3.05) is 22.6 Å². The number of anilines is 2. The molecule has 3 N–H and O–H groups in total. The van der Waals surface area contributed by atoms with Gasteiger partial charge in [0, 0.05) is 11.7 Å². The van der Waals surface area contributed by atoms with E-state index in [4.69, 9.17) is 5.73 Å². The zero-order valence-corrected chi connectivity index (χ0v) is 10.6. The number of nitrogens with two attached hydrogens (primary N) is 1. The summed E-state index contributed by atoms with van der Waals surface area (Å²) >= 11 is 0. The molecule has 2 heterocycles. The minimum absolute atomic E-state index is 0.0784. The molecule has 1 aliphatic rings. The van der Waals surface area contributed by atoms with Crippen molar-refractivity contribution >= 4 is 21.3 Å². The van der Waals surface area contributed by atoms with Gasteiger partial charge < -0.3 is 11.1 Å². The second-order valence-electron chi connectivity index (χ2n) is 4.49. The number of nitrogens with zero attached hydrogens (tertiary/aromatic N) is 1. The first kappa shape index (κ1) is 12.2. The summed E-state index contributed by atoms with van der Waals surface area (Å²) in [6.07, 6.45) is 1.54. The van der Waals surface area contributed by atoms with Crippen LogP contribution in [0.3, 0.4) is 0 Å². The topological polar surface area (TPSA) is 85.1 Å². The summed E-state index contributed by atoms with van der Waals surface area (Å²) in [4.78, 5) is 4.28. The Bertz CT molecular complexity index is 513. The molecule has 1 unspecified atom stereocenters. The number of sulfone groups is 1. The van der Waals surface area contributed by atoms with E-state index in [1.807, 2.05) is 13.0 Å². The maximum atomic E-state index is 11.5. The largest absolute Gasteiger partial charge is 0.396 e. The number of nitrogens with one attached hydrogen (secondary N) is 1. The van der Waals surface area contributed by atoms with E-state index in [2.05, 4.69) is 10.3 Å². The maximum Gasteiger partial charge on any atom is 0.152 e. The lowest BCUT2D eigenvalue weighted by atomic mass is 10.2. The Morgan fingerprint density at radius 1 is 1.47 bits per heavy atom. The van der Waals surface area contributed by atoms with E-state index in [0.717, 1.165) is 12.1 Å². The molecule has 17 heavy (non-hydrogen) atoms. The normalized spacial score (nSPS) is 23.2. The Balaban J connectivity index is 2.13. The molecule has 1 atom stereocenters. The molecule has 6 heteroatoms. The van der Waals surface area contributed by atoms with Gasteiger partial charge in [-0.3, -0.25) is 0 Å². The fraction of sp³-hybridized carbons (Fsp3) is 0.545. The second kappa shape index (κ2) is 4.52. The zero-order valence-electron chi connectivity index (χ0n) is 9.81. The highest BCUT2D eigenvalue weighted by Crippen LogP contribution is 2.20. The Kier molecular flexibility index (Phi) is 3.24. The van der Waals surface area contributed by atoms with Crippen molar-refractivity contribution in [1.82, 2.24) is 4.98 Å². The lowest BCUT2D eigenvalue weighted by Crippen LogP contribution is -2.35. The molecule has 2 rings (SSSR count). The van der Waals surface area contributed by atoms with Gasteiger partial charge in [-0.2, -0.15) is 0 Å². The van der Waals surface area contributed by atoms with Gasteiger partial charge in [0.1, 0.15) is 5.82 Å². The Labute approximate surface area is 101 Å². The SMILES string of the molecule is Cc1ccc(N)c(NC2CCCS(=O)(=O)C2)n1. The van der Waals surface area contributed by atoms with Crippen LogP contribution in [0.2, 0.25) is 0 Å². The number of aromatic nitrogens is 1. The van der Waals surface area contributed by atoms with Crippen molar-refractivity contribution in [3.63, 3.8) is 0 Å². The van der Waals surface area contributed by atoms with Gasteiger partial charge in [0.15, 0.2) is 9.84 Å². The number of hydrogen-bond acceptors (Lipinski definition) is 5. The number of pyridine rings is 1. The lowest BCUT2D eigenvalue weighted by Gasteiger charge is -2.24. The maximum absolute atomic E-state index is 11.5. The molecule has 0 saturated carbocycles. The fourth-order valence-electron chi connectivity index (χ4n) is 2.01. The predicted molar refractivity (Wildman–Crippen MR) is 68.7 cm³/mol. The van der Waals surface area contributed by atoms with Gasteiger partial charge >= 0.3 is 0 Å². The molecule has 1 aromatic rings. The van der Waals surface area contributed by atoms with Gasteiger partial charge in [-0.25, -0.2) is 13.4 Å². The highest BCUT2D eigenvalue weighted by atomic mass is 32.2. The average Bonchev–Trinajstić information content (AvgIpc) is 2.22. The van der Waals surface area contributed by atoms with Crippen LogP contribution >= 0.6 is 0 Å². The standard InChI is InChI=1S/C11H17N3O2S/c1-8-4-5-10(12)11(13-8)14-9-3-2-6-17(15,16)7-9/h4-5,9H,2-3,6-7,12H2,1H3,(H,13,14). The Hall–Kier alpha value is -1.30. The molecule has 0 radical (unpaired) electrons. The van der Waals surface area contributed by atoms with Gasteiger partial charge in [0.2, 0.25) is 0 Å². The molecule has 0 amide bonds. The molecule has 94 valence electrons. The first-order valence-electron chi connectivity index (χ1n) is 5.66. The average molecular weight is 255 g/mol. The summed E-state index contributed by atoms with van der Waals surface area (Å²) in [6, 6.07) is 3.53. The predicted octanol–water partition coefficient (Wildman–Crippen LogP) is 0.961. The third-order valence-electron chi connectivity index (χ3n) is 2.87. The van der Waals surface area contributed by atoms with Crippen LogP contribution in [-0.2, 0) is 9.84 Å². The van der Waals surface area contributed by atoms with Crippen LogP contribution in [0, 0.1) is 6.92 Å². The first-order valence-corrected chi connectivity index (χ1v) is 7.48. The van der Waals surface area contributed by atoms with Crippen molar-refractivity contribution in [2.45, 2.75) is 25.8 Å². The fourth-order valence-corrected chi connectivity index (χ4v) is 3.65. The number of rotatable bonds is 2. The molecule has 0 spiro atoms. The number of aryl methyl sites for hydroxylation is 1. The van der Waals surface area contributed by atoms with Gasteiger partial charge in [0.05, 0.1) is 17.2 Å². The van der Waals surface area contributed by atoms with Gasteiger partial charge in [-0.05, 0) is 31.9 Å². The summed E-state index contributed by atoms with van der Waals surface area (Å²) in [5.41, 5.74) is 7.22. The van der Waals surface area contributed by atoms with Crippen LogP contribution in [-0.4, -0.2) is 30.9 Å². The van der Waals surface area contributed by atoms with Gasteiger partial charge in [-0.1, -0.05) is 0 Å². The highest BCUT2D eigenvalue weighted by Gasteiger charge is 2.25. The van der Waals surface area contributed by atoms with E-state index in [-0.39, 0.29) is 11.8 Å². The van der Waals surface area contributed by atoms with Crippen molar-refractivity contribution < 1.29 is 8.42 Å². The molecule has 0 aliphatic carbocycles. The summed E-state index contributed by atoms with van der Waals surface area (Å²) in [5.74, 6) is 1.05. The van der Waals surface area contributed by atoms with E-state index >= 15 is 0 Å². The van der Waals surface area contributed by atoms with Crippen LogP contribution in [0.25, 0.3) is 0 Å². The molecular formula is C11H17N3O2S. The van der Waals surface area contributed by atoms with Crippen molar-refractivity contribution in [3.05, 3.63) is 17.8 Å². The number of nitrogen functional groups attached to an aromatic ring is 1. The summed E-state index contributed by atoms with van der Waals surface area (Å²) < 4.78 is 23.0. The van der Waals surface area contributed by atoms with Crippen LogP contribution < -0.4 is 11.1 Å². The minimum atomic E-state index is -2.91. The third kappa shape index (κ3) is 3.09. The van der Waals surface area contributed by atoms with E-state index < -0.39 is 9.84 Å². The zero-order chi connectivity index (χ0) is 12.5. The molecule has 1 aromatic heterocycles. The van der Waals surface area contributed by atoms with E-state index in [1.165, 1.54) is 0 Å². The van der Waals surface area contributed by atoms with Crippen LogP contribution in [0.1, 0.15) is 18.5 Å². The van der Waals surface area contributed by atoms with Crippen molar-refractivity contribution in [3.8, 4) is 0 Å². The van der Waals surface area contributed by atoms with Crippen LogP contribution in [0.15, 0.2) is 12.1 Å². The first-order chi connectivity index (χ1) is 7.96. The van der Waals surface area contributed by atoms with E-state index in [0.29, 0.717) is 23.7 Å². The summed E-state index contributed by atoms with van der Waals surface area (Å²) in [6.45, 7) is 1.88. The molecule has 0 aromatic carbocycles. The molecule has 5 nitrogen and oxygen atoms in total. The van der Waals surface area contributed by atoms with Crippen LogP contribution in [0.5, 0.6) is 0 Å². The Morgan fingerprint density at radius 2 is 2.24 bits per heavy atom. The smallest absolute Gasteiger partial charge is 0.152 e. The van der Waals surface area contributed by atoms with Gasteiger partial charge in [0.25, 0.3) is 0 Å². The summed E-state index contributed by atoms with van der Waals surface area (Å²) in [7, 11) is -2.91. The summed E-state index contributed by atoms with van der Waals surface area (Å²) in [5, 5.41) is 3.13. The quantitative estimate of drug-likeness (QED) is 0.822. The number of hydrogen-bond donors (Lipinski definition) is 2. The molecule has 0 bridgehead atoms. The molecule has 1 saturated heterocycles. The second-order valence-corrected chi connectivity index (χ2v) is 6.72. The molecular weight excluding hydrogens is 238 g/mol. The van der Waals surface area contributed by atoms with E-state index in [9.17, 15) is 8.42 Å². The third-order valence-corrected chi connectivity index (χ3v) is 4.69. The highest BCUT2D eigenvalue weighted by molar-refractivity contribution is 7.91. The van der Waals surface area contributed by atoms with Crippen LogP contribution in [0.4, 0.5) is 11.5 Å².